The molecule has 0 saturated carbocycles. The maximum atomic E-state index is 5.05. The molecule has 1 fully saturated rings. The summed E-state index contributed by atoms with van der Waals surface area (Å²) >= 11 is 4.21. The number of hydrogen-bond donors (Lipinski definition) is 1. The van der Waals surface area contributed by atoms with E-state index in [1.165, 1.54) is 16.5 Å². The van der Waals surface area contributed by atoms with Crippen LogP contribution in [-0.4, -0.2) is 47.5 Å². The Morgan fingerprint density at radius 2 is 2.12 bits per heavy atom. The Morgan fingerprint density at radius 3 is 2.65 bits per heavy atom. The molecule has 0 radical (unpaired) electrons. The molecule has 0 N–H and O–H groups in total. The van der Waals surface area contributed by atoms with E-state index < -0.39 is 0 Å². The van der Waals surface area contributed by atoms with Gasteiger partial charge in [-0.2, -0.15) is 0 Å². The standard InChI is InChI=1S/C11H17N3OS2/c1-15-11-3-2-10(8-12-11)9-13-4-6-14(17-16)7-5-13/h2-3,8,16H,4-7,9H2,1H3. The molecule has 0 atom stereocenters. The van der Waals surface area contributed by atoms with Crippen LogP contribution < -0.4 is 4.74 Å². The van der Waals surface area contributed by atoms with Gasteiger partial charge in [0.05, 0.1) is 7.11 Å². The third-order valence-electron chi connectivity index (χ3n) is 2.86. The average molecular weight is 271 g/mol. The SMILES string of the molecule is COc1ccc(CN2CCN(SS)CC2)cn1. The molecule has 6 heteroatoms. The molecule has 0 spiro atoms. The van der Waals surface area contributed by atoms with Gasteiger partial charge in [0, 0.05) is 45.0 Å². The Balaban J connectivity index is 1.84. The minimum atomic E-state index is 0.671. The Morgan fingerprint density at radius 1 is 1.35 bits per heavy atom. The van der Waals surface area contributed by atoms with Crippen LogP contribution in [0.1, 0.15) is 5.56 Å². The van der Waals surface area contributed by atoms with E-state index in [-0.39, 0.29) is 0 Å². The van der Waals surface area contributed by atoms with Crippen molar-refractivity contribution in [3.8, 4) is 5.88 Å². The summed E-state index contributed by atoms with van der Waals surface area (Å²) in [5.41, 5.74) is 1.23. The van der Waals surface area contributed by atoms with Crippen molar-refractivity contribution in [3.63, 3.8) is 0 Å². The van der Waals surface area contributed by atoms with Gasteiger partial charge in [-0.05, 0) is 16.5 Å². The van der Waals surface area contributed by atoms with Crippen molar-refractivity contribution in [1.82, 2.24) is 14.2 Å². The first-order valence-corrected chi connectivity index (χ1v) is 7.42. The van der Waals surface area contributed by atoms with E-state index in [9.17, 15) is 0 Å². The van der Waals surface area contributed by atoms with Crippen molar-refractivity contribution in [2.45, 2.75) is 6.54 Å². The fourth-order valence-corrected chi connectivity index (χ4v) is 2.67. The molecule has 1 aromatic rings. The van der Waals surface area contributed by atoms with E-state index in [0.29, 0.717) is 5.88 Å². The lowest BCUT2D eigenvalue weighted by Crippen LogP contribution is -2.42. The highest BCUT2D eigenvalue weighted by atomic mass is 33.1. The highest BCUT2D eigenvalue weighted by Gasteiger charge is 2.16. The predicted molar refractivity (Wildman–Crippen MR) is 74.2 cm³/mol. The van der Waals surface area contributed by atoms with Gasteiger partial charge in [0.15, 0.2) is 0 Å². The summed E-state index contributed by atoms with van der Waals surface area (Å²) in [6.07, 6.45) is 1.89. The molecule has 94 valence electrons. The largest absolute Gasteiger partial charge is 0.481 e. The van der Waals surface area contributed by atoms with Crippen molar-refractivity contribution < 1.29 is 4.74 Å². The molecule has 4 nitrogen and oxygen atoms in total. The molecule has 2 rings (SSSR count). The van der Waals surface area contributed by atoms with Gasteiger partial charge in [-0.1, -0.05) is 17.7 Å². The molecule has 0 aliphatic carbocycles. The van der Waals surface area contributed by atoms with Crippen molar-refractivity contribution >= 4 is 22.6 Å². The monoisotopic (exact) mass is 271 g/mol. The fraction of sp³-hybridized carbons (Fsp3) is 0.545. The quantitative estimate of drug-likeness (QED) is 0.511. The highest BCUT2D eigenvalue weighted by Crippen LogP contribution is 2.17. The summed E-state index contributed by atoms with van der Waals surface area (Å²) in [6.45, 7) is 5.26. The molecule has 1 aliphatic heterocycles. The summed E-state index contributed by atoms with van der Waals surface area (Å²) in [7, 11) is 3.17. The Labute approximate surface area is 111 Å². The minimum Gasteiger partial charge on any atom is -0.481 e. The number of piperazine rings is 1. The first-order valence-electron chi connectivity index (χ1n) is 5.59. The molecule has 0 unspecified atom stereocenters. The molecular weight excluding hydrogens is 254 g/mol. The first kappa shape index (κ1) is 13.0. The molecule has 1 saturated heterocycles. The second-order valence-electron chi connectivity index (χ2n) is 4.00. The molecule has 0 bridgehead atoms. The van der Waals surface area contributed by atoms with E-state index in [1.807, 2.05) is 12.3 Å². The third kappa shape index (κ3) is 3.77. The summed E-state index contributed by atoms with van der Waals surface area (Å²) in [4.78, 5) is 6.65. The topological polar surface area (TPSA) is 28.6 Å². The molecule has 0 amide bonds. The Hall–Kier alpha value is -0.430. The van der Waals surface area contributed by atoms with Crippen LogP contribution >= 0.6 is 22.6 Å². The number of thiol groups is 1. The summed E-state index contributed by atoms with van der Waals surface area (Å²) < 4.78 is 7.31. The van der Waals surface area contributed by atoms with E-state index in [4.69, 9.17) is 4.74 Å². The van der Waals surface area contributed by atoms with E-state index >= 15 is 0 Å². The maximum absolute atomic E-state index is 5.05. The minimum absolute atomic E-state index is 0.671. The van der Waals surface area contributed by atoms with Crippen LogP contribution in [0.25, 0.3) is 0 Å². The molecular formula is C11H17N3OS2. The molecule has 17 heavy (non-hydrogen) atoms. The van der Waals surface area contributed by atoms with Gasteiger partial charge >= 0.3 is 0 Å². The van der Waals surface area contributed by atoms with Gasteiger partial charge in [0.2, 0.25) is 5.88 Å². The zero-order chi connectivity index (χ0) is 12.1. The summed E-state index contributed by atoms with van der Waals surface area (Å²) in [5.74, 6) is 0.671. The van der Waals surface area contributed by atoms with Crippen LogP contribution in [-0.2, 0) is 6.54 Å². The van der Waals surface area contributed by atoms with Crippen molar-refractivity contribution in [2.24, 2.45) is 0 Å². The number of nitrogens with zero attached hydrogens (tertiary/aromatic N) is 3. The van der Waals surface area contributed by atoms with Gasteiger partial charge in [0.1, 0.15) is 0 Å². The van der Waals surface area contributed by atoms with Crippen LogP contribution in [0.15, 0.2) is 18.3 Å². The van der Waals surface area contributed by atoms with Gasteiger partial charge in [-0.3, -0.25) is 4.90 Å². The molecule has 2 heterocycles. The fourth-order valence-electron chi connectivity index (χ4n) is 1.85. The maximum Gasteiger partial charge on any atom is 0.212 e. The normalized spacial score (nSPS) is 18.2. The smallest absolute Gasteiger partial charge is 0.212 e. The number of hydrogen-bond acceptors (Lipinski definition) is 6. The van der Waals surface area contributed by atoms with Crippen molar-refractivity contribution in [1.29, 1.82) is 0 Å². The van der Waals surface area contributed by atoms with Crippen LogP contribution in [0.4, 0.5) is 0 Å². The number of pyridine rings is 1. The van der Waals surface area contributed by atoms with Crippen LogP contribution in [0, 0.1) is 0 Å². The second kappa shape index (κ2) is 6.49. The number of rotatable bonds is 4. The highest BCUT2D eigenvalue weighted by molar-refractivity contribution is 8.67. The lowest BCUT2D eigenvalue weighted by Gasteiger charge is -2.32. The zero-order valence-corrected chi connectivity index (χ0v) is 11.6. The summed E-state index contributed by atoms with van der Waals surface area (Å²) in [5, 5.41) is 0. The Kier molecular flexibility index (Phi) is 4.97. The van der Waals surface area contributed by atoms with Crippen molar-refractivity contribution in [3.05, 3.63) is 23.9 Å². The molecule has 1 aromatic heterocycles. The lowest BCUT2D eigenvalue weighted by molar-refractivity contribution is 0.190. The zero-order valence-electron chi connectivity index (χ0n) is 9.87. The van der Waals surface area contributed by atoms with Gasteiger partial charge in [-0.15, -0.1) is 0 Å². The predicted octanol–water partition coefficient (Wildman–Crippen LogP) is 1.70. The third-order valence-corrected chi connectivity index (χ3v) is 4.15. The number of aromatic nitrogens is 1. The van der Waals surface area contributed by atoms with Crippen LogP contribution in [0.2, 0.25) is 0 Å². The summed E-state index contributed by atoms with van der Waals surface area (Å²) in [6, 6.07) is 3.99. The molecule has 1 aliphatic rings. The van der Waals surface area contributed by atoms with Gasteiger partial charge in [0.25, 0.3) is 0 Å². The molecule has 0 aromatic carbocycles. The van der Waals surface area contributed by atoms with Crippen LogP contribution in [0.5, 0.6) is 5.88 Å². The van der Waals surface area contributed by atoms with Gasteiger partial charge in [-0.25, -0.2) is 9.29 Å². The van der Waals surface area contributed by atoms with Crippen molar-refractivity contribution in [2.75, 3.05) is 33.3 Å². The van der Waals surface area contributed by atoms with E-state index in [0.717, 1.165) is 32.7 Å². The Bertz CT molecular complexity index is 339. The average Bonchev–Trinajstić information content (AvgIpc) is 2.40. The number of ether oxygens (including phenoxy) is 1. The van der Waals surface area contributed by atoms with E-state index in [1.54, 1.807) is 7.11 Å². The van der Waals surface area contributed by atoms with Crippen LogP contribution in [0.3, 0.4) is 0 Å². The van der Waals surface area contributed by atoms with Gasteiger partial charge < -0.3 is 4.74 Å². The lowest BCUT2D eigenvalue weighted by atomic mass is 10.2. The number of methoxy groups -OCH3 is 1. The second-order valence-corrected chi connectivity index (χ2v) is 5.17. The van der Waals surface area contributed by atoms with E-state index in [2.05, 4.69) is 31.9 Å². The first-order chi connectivity index (χ1) is 8.31.